The number of carbonyl (C=O) groups excluding carboxylic acids is 2. The Morgan fingerprint density at radius 2 is 2.03 bits per heavy atom. The average molecular weight is 473 g/mol. The number of ether oxygens (including phenoxy) is 1. The third-order valence-electron chi connectivity index (χ3n) is 5.35. The molecule has 1 N–H and O–H groups in total. The number of nitrogens with zero attached hydrogens (tertiary/aromatic N) is 3. The summed E-state index contributed by atoms with van der Waals surface area (Å²) in [5.41, 5.74) is 2.09. The summed E-state index contributed by atoms with van der Waals surface area (Å²) in [6.07, 6.45) is 0.857. The van der Waals surface area contributed by atoms with Crippen LogP contribution < -0.4 is 10.9 Å². The van der Waals surface area contributed by atoms with Crippen molar-refractivity contribution in [2.45, 2.75) is 31.6 Å². The number of rotatable bonds is 6. The van der Waals surface area contributed by atoms with Gasteiger partial charge < -0.3 is 15.0 Å². The van der Waals surface area contributed by atoms with Crippen LogP contribution >= 0.6 is 23.1 Å². The Kier molecular flexibility index (Phi) is 6.63. The van der Waals surface area contributed by atoms with Crippen molar-refractivity contribution < 1.29 is 14.3 Å². The van der Waals surface area contributed by atoms with Crippen molar-refractivity contribution >= 4 is 50.9 Å². The molecule has 3 aromatic rings. The fourth-order valence-electron chi connectivity index (χ4n) is 3.71. The number of fused-ring (bicyclic) bond motifs is 3. The lowest BCUT2D eigenvalue weighted by molar-refractivity contribution is -0.113. The number of nitrogens with one attached hydrogen (secondary N) is 1. The monoisotopic (exact) mass is 472 g/mol. The minimum absolute atomic E-state index is 0.0270. The zero-order valence-corrected chi connectivity index (χ0v) is 19.8. The molecule has 3 heterocycles. The normalized spacial score (nSPS) is 13.7. The van der Waals surface area contributed by atoms with Gasteiger partial charge in [-0.15, -0.1) is 11.3 Å². The molecule has 1 aliphatic heterocycles. The number of likely N-dealkylation sites (N-methyl/N-ethyl adjacent to an activating group) is 1. The fraction of sp³-hybridized carbons (Fsp3) is 0.364. The summed E-state index contributed by atoms with van der Waals surface area (Å²) in [5, 5.41) is 4.09. The Balaban J connectivity index is 1.51. The highest BCUT2D eigenvalue weighted by atomic mass is 32.2. The van der Waals surface area contributed by atoms with E-state index < -0.39 is 5.97 Å². The van der Waals surface area contributed by atoms with E-state index in [-0.39, 0.29) is 17.2 Å². The van der Waals surface area contributed by atoms with Gasteiger partial charge in [0.05, 0.1) is 23.8 Å². The molecule has 10 heteroatoms. The Hall–Kier alpha value is -2.69. The van der Waals surface area contributed by atoms with E-state index in [0.717, 1.165) is 35.3 Å². The predicted octanol–water partition coefficient (Wildman–Crippen LogP) is 2.98. The number of carbonyl (C=O) groups is 2. The topological polar surface area (TPSA) is 93.5 Å². The smallest absolute Gasteiger partial charge is 0.337 e. The molecule has 0 aliphatic carbocycles. The number of aromatic nitrogens is 2. The number of benzene rings is 1. The molecule has 0 bridgehead atoms. The minimum atomic E-state index is -0.431. The summed E-state index contributed by atoms with van der Waals surface area (Å²) in [4.78, 5) is 46.1. The summed E-state index contributed by atoms with van der Waals surface area (Å²) in [6.45, 7) is 4.17. The lowest BCUT2D eigenvalue weighted by atomic mass is 10.1. The number of anilines is 1. The largest absolute Gasteiger partial charge is 0.465 e. The molecular formula is C22H24N4O4S2. The molecule has 1 amide bonds. The van der Waals surface area contributed by atoms with Gasteiger partial charge >= 0.3 is 5.97 Å². The second-order valence-corrected chi connectivity index (χ2v) is 9.55. The van der Waals surface area contributed by atoms with Gasteiger partial charge in [-0.2, -0.15) is 0 Å². The highest BCUT2D eigenvalue weighted by Crippen LogP contribution is 2.33. The van der Waals surface area contributed by atoms with E-state index in [9.17, 15) is 14.4 Å². The van der Waals surface area contributed by atoms with Gasteiger partial charge in [0.2, 0.25) is 5.91 Å². The Morgan fingerprint density at radius 1 is 1.28 bits per heavy atom. The van der Waals surface area contributed by atoms with Crippen molar-refractivity contribution in [3.8, 4) is 0 Å². The van der Waals surface area contributed by atoms with Crippen LogP contribution in [0.5, 0.6) is 0 Å². The minimum Gasteiger partial charge on any atom is -0.465 e. The maximum Gasteiger partial charge on any atom is 0.337 e. The standard InChI is InChI=1S/C22H24N4O4S2/c1-4-26-20(28)18-15-9-10-25(2)11-16(15)32-19(18)24-22(26)31-12-17(27)23-14-7-5-13(6-8-14)21(29)30-3/h5-8H,4,9-12H2,1-3H3,(H,23,27). The zero-order valence-electron chi connectivity index (χ0n) is 18.1. The van der Waals surface area contributed by atoms with Crippen molar-refractivity contribution in [1.29, 1.82) is 0 Å². The Labute approximate surface area is 193 Å². The molecule has 0 unspecified atom stereocenters. The third-order valence-corrected chi connectivity index (χ3v) is 7.44. The van der Waals surface area contributed by atoms with E-state index in [0.29, 0.717) is 23.0 Å². The van der Waals surface area contributed by atoms with Crippen LogP contribution in [0.1, 0.15) is 27.7 Å². The van der Waals surface area contributed by atoms with Crippen molar-refractivity contribution in [1.82, 2.24) is 14.5 Å². The van der Waals surface area contributed by atoms with Gasteiger partial charge in [0.15, 0.2) is 5.16 Å². The number of amides is 1. The first-order valence-corrected chi connectivity index (χ1v) is 12.1. The molecule has 4 rings (SSSR count). The molecule has 32 heavy (non-hydrogen) atoms. The van der Waals surface area contributed by atoms with Crippen LogP contribution in [-0.2, 0) is 29.0 Å². The fourth-order valence-corrected chi connectivity index (χ4v) is 5.91. The quantitative estimate of drug-likeness (QED) is 0.335. The van der Waals surface area contributed by atoms with Crippen LogP contribution in [0, 0.1) is 0 Å². The highest BCUT2D eigenvalue weighted by Gasteiger charge is 2.24. The number of esters is 1. The molecule has 0 saturated carbocycles. The zero-order chi connectivity index (χ0) is 22.8. The van der Waals surface area contributed by atoms with Crippen LogP contribution in [0.15, 0.2) is 34.2 Å². The van der Waals surface area contributed by atoms with Gasteiger partial charge in [0.25, 0.3) is 5.56 Å². The lowest BCUT2D eigenvalue weighted by Crippen LogP contribution is -2.27. The lowest BCUT2D eigenvalue weighted by Gasteiger charge is -2.21. The van der Waals surface area contributed by atoms with Crippen LogP contribution in [0.25, 0.3) is 10.2 Å². The number of hydrogen-bond donors (Lipinski definition) is 1. The highest BCUT2D eigenvalue weighted by molar-refractivity contribution is 7.99. The first-order valence-electron chi connectivity index (χ1n) is 10.3. The van der Waals surface area contributed by atoms with Crippen molar-refractivity contribution in [3.05, 3.63) is 50.6 Å². The molecule has 2 aromatic heterocycles. The first kappa shape index (κ1) is 22.5. The summed E-state index contributed by atoms with van der Waals surface area (Å²) in [6, 6.07) is 6.48. The van der Waals surface area contributed by atoms with Crippen molar-refractivity contribution in [3.63, 3.8) is 0 Å². The van der Waals surface area contributed by atoms with E-state index in [1.165, 1.54) is 23.7 Å². The summed E-state index contributed by atoms with van der Waals surface area (Å²) in [7, 11) is 3.40. The molecule has 1 aromatic carbocycles. The summed E-state index contributed by atoms with van der Waals surface area (Å²) < 4.78 is 6.32. The van der Waals surface area contributed by atoms with Gasteiger partial charge in [-0.1, -0.05) is 11.8 Å². The van der Waals surface area contributed by atoms with Crippen LogP contribution in [0.3, 0.4) is 0 Å². The van der Waals surface area contributed by atoms with Crippen LogP contribution in [0.2, 0.25) is 0 Å². The average Bonchev–Trinajstić information content (AvgIpc) is 3.15. The Morgan fingerprint density at radius 3 is 2.72 bits per heavy atom. The van der Waals surface area contributed by atoms with E-state index in [2.05, 4.69) is 22.0 Å². The van der Waals surface area contributed by atoms with Gasteiger partial charge in [-0.05, 0) is 50.2 Å². The van der Waals surface area contributed by atoms with Gasteiger partial charge in [0, 0.05) is 30.2 Å². The first-order chi connectivity index (χ1) is 15.4. The van der Waals surface area contributed by atoms with Gasteiger partial charge in [-0.25, -0.2) is 9.78 Å². The van der Waals surface area contributed by atoms with Gasteiger partial charge in [0.1, 0.15) is 4.83 Å². The summed E-state index contributed by atoms with van der Waals surface area (Å²) >= 11 is 2.82. The maximum atomic E-state index is 13.2. The SMILES string of the molecule is CCn1c(SCC(=O)Nc2ccc(C(=O)OC)cc2)nc2sc3c(c2c1=O)CCN(C)C3. The van der Waals surface area contributed by atoms with Crippen molar-refractivity contribution in [2.75, 3.05) is 31.8 Å². The van der Waals surface area contributed by atoms with E-state index >= 15 is 0 Å². The predicted molar refractivity (Wildman–Crippen MR) is 127 cm³/mol. The third kappa shape index (κ3) is 4.43. The molecule has 8 nitrogen and oxygen atoms in total. The molecule has 0 atom stereocenters. The molecule has 0 saturated heterocycles. The number of thiophene rings is 1. The second-order valence-electron chi connectivity index (χ2n) is 7.52. The van der Waals surface area contributed by atoms with Crippen LogP contribution in [-0.4, -0.2) is 52.8 Å². The second kappa shape index (κ2) is 9.43. The van der Waals surface area contributed by atoms with Gasteiger partial charge in [-0.3, -0.25) is 14.2 Å². The number of methoxy groups -OCH3 is 1. The number of thioether (sulfide) groups is 1. The summed E-state index contributed by atoms with van der Waals surface area (Å²) in [5.74, 6) is -0.533. The van der Waals surface area contributed by atoms with Crippen molar-refractivity contribution in [2.24, 2.45) is 0 Å². The molecular weight excluding hydrogens is 448 g/mol. The van der Waals surface area contributed by atoms with E-state index in [1.54, 1.807) is 40.2 Å². The molecule has 168 valence electrons. The molecule has 0 spiro atoms. The number of hydrogen-bond acceptors (Lipinski definition) is 8. The Bertz CT molecular complexity index is 1230. The molecule has 0 fully saturated rings. The molecule has 0 radical (unpaired) electrons. The van der Waals surface area contributed by atoms with E-state index in [1.807, 2.05) is 6.92 Å². The van der Waals surface area contributed by atoms with E-state index in [4.69, 9.17) is 4.98 Å². The maximum absolute atomic E-state index is 13.2. The van der Waals surface area contributed by atoms with Crippen LogP contribution in [0.4, 0.5) is 5.69 Å². The molecule has 1 aliphatic rings.